The van der Waals surface area contributed by atoms with Crippen molar-refractivity contribution in [2.45, 2.75) is 6.92 Å². The normalized spacial score (nSPS) is 10.2. The minimum absolute atomic E-state index is 0.0874. The summed E-state index contributed by atoms with van der Waals surface area (Å²) in [7, 11) is 0. The molecule has 2 aromatic rings. The van der Waals surface area contributed by atoms with Crippen LogP contribution in [0.4, 0.5) is 11.6 Å². The Morgan fingerprint density at radius 3 is 2.81 bits per heavy atom. The Balaban J connectivity index is 2.42. The predicted molar refractivity (Wildman–Crippen MR) is 84.8 cm³/mol. The molecule has 0 atom stereocenters. The van der Waals surface area contributed by atoms with E-state index in [1.165, 1.54) is 12.3 Å². The molecule has 0 spiro atoms. The topological polar surface area (TPSA) is 90.2 Å². The SMILES string of the molecule is CCNc1ncc(Br)c(Oc2c(Br)cccc2[N+](=O)[O-])n1. The van der Waals surface area contributed by atoms with E-state index < -0.39 is 4.92 Å². The number of hydrogen-bond donors (Lipinski definition) is 1. The number of nitro groups is 1. The Labute approximate surface area is 137 Å². The second kappa shape index (κ2) is 6.81. The lowest BCUT2D eigenvalue weighted by Gasteiger charge is -2.10. The van der Waals surface area contributed by atoms with Crippen molar-refractivity contribution in [1.29, 1.82) is 0 Å². The van der Waals surface area contributed by atoms with Gasteiger partial charge in [0.05, 0.1) is 20.1 Å². The van der Waals surface area contributed by atoms with Crippen molar-refractivity contribution in [2.75, 3.05) is 11.9 Å². The number of benzene rings is 1. The second-order valence-corrected chi connectivity index (χ2v) is 5.53. The van der Waals surface area contributed by atoms with Crippen LogP contribution in [0.3, 0.4) is 0 Å². The van der Waals surface area contributed by atoms with Crippen molar-refractivity contribution in [3.05, 3.63) is 43.5 Å². The fourth-order valence-electron chi connectivity index (χ4n) is 1.51. The lowest BCUT2D eigenvalue weighted by atomic mass is 10.3. The molecule has 0 aliphatic carbocycles. The summed E-state index contributed by atoms with van der Waals surface area (Å²) in [4.78, 5) is 18.8. The third kappa shape index (κ3) is 3.67. The van der Waals surface area contributed by atoms with Gasteiger partial charge in [0, 0.05) is 12.6 Å². The molecule has 0 amide bonds. The highest BCUT2D eigenvalue weighted by Gasteiger charge is 2.20. The minimum atomic E-state index is -0.513. The van der Waals surface area contributed by atoms with Gasteiger partial charge >= 0.3 is 5.69 Å². The summed E-state index contributed by atoms with van der Waals surface area (Å²) < 4.78 is 6.55. The fraction of sp³-hybridized carbons (Fsp3) is 0.167. The lowest BCUT2D eigenvalue weighted by Crippen LogP contribution is -2.03. The van der Waals surface area contributed by atoms with Crippen LogP contribution in [-0.4, -0.2) is 21.4 Å². The van der Waals surface area contributed by atoms with Crippen LogP contribution >= 0.6 is 31.9 Å². The summed E-state index contributed by atoms with van der Waals surface area (Å²) in [5, 5.41) is 14.0. The van der Waals surface area contributed by atoms with E-state index in [2.05, 4.69) is 47.1 Å². The van der Waals surface area contributed by atoms with Crippen LogP contribution in [-0.2, 0) is 0 Å². The number of para-hydroxylation sites is 1. The zero-order chi connectivity index (χ0) is 15.4. The minimum Gasteiger partial charge on any atom is -0.429 e. The maximum Gasteiger partial charge on any atom is 0.312 e. The van der Waals surface area contributed by atoms with E-state index in [0.29, 0.717) is 21.4 Å². The van der Waals surface area contributed by atoms with Gasteiger partial charge in [0.15, 0.2) is 0 Å². The van der Waals surface area contributed by atoms with Gasteiger partial charge in [0.1, 0.15) is 0 Å². The maximum absolute atomic E-state index is 11.1. The van der Waals surface area contributed by atoms with E-state index in [9.17, 15) is 10.1 Å². The first kappa shape index (κ1) is 15.6. The van der Waals surface area contributed by atoms with Crippen LogP contribution in [0.1, 0.15) is 6.92 Å². The summed E-state index contributed by atoms with van der Waals surface area (Å²) in [6.07, 6.45) is 1.52. The molecular formula is C12H10Br2N4O3. The van der Waals surface area contributed by atoms with Gasteiger partial charge in [-0.25, -0.2) is 4.98 Å². The molecule has 1 aromatic heterocycles. The predicted octanol–water partition coefficient (Wildman–Crippen LogP) is 4.13. The molecule has 0 radical (unpaired) electrons. The Hall–Kier alpha value is -1.74. The Morgan fingerprint density at radius 1 is 1.38 bits per heavy atom. The van der Waals surface area contributed by atoms with Crippen LogP contribution in [0.2, 0.25) is 0 Å². The number of nitro benzene ring substituents is 1. The number of nitrogens with zero attached hydrogens (tertiary/aromatic N) is 3. The average Bonchev–Trinajstić information content (AvgIpc) is 2.44. The molecule has 0 unspecified atom stereocenters. The van der Waals surface area contributed by atoms with Gasteiger partial charge in [-0.3, -0.25) is 10.1 Å². The summed E-state index contributed by atoms with van der Waals surface area (Å²) in [5.74, 6) is 0.658. The molecule has 7 nitrogen and oxygen atoms in total. The van der Waals surface area contributed by atoms with Crippen LogP contribution in [0.15, 0.2) is 33.3 Å². The van der Waals surface area contributed by atoms with Crippen LogP contribution in [0.25, 0.3) is 0 Å². The Bertz CT molecular complexity index is 682. The van der Waals surface area contributed by atoms with E-state index in [-0.39, 0.29) is 17.3 Å². The van der Waals surface area contributed by atoms with E-state index >= 15 is 0 Å². The van der Waals surface area contributed by atoms with Crippen molar-refractivity contribution in [3.63, 3.8) is 0 Å². The Morgan fingerprint density at radius 2 is 2.14 bits per heavy atom. The average molecular weight is 418 g/mol. The van der Waals surface area contributed by atoms with E-state index in [0.717, 1.165) is 0 Å². The molecule has 1 N–H and O–H groups in total. The smallest absolute Gasteiger partial charge is 0.312 e. The van der Waals surface area contributed by atoms with E-state index in [4.69, 9.17) is 4.74 Å². The molecule has 0 saturated carbocycles. The number of ether oxygens (including phenoxy) is 1. The number of anilines is 1. The standard InChI is InChI=1S/C12H10Br2N4O3/c1-2-15-12-16-6-8(14)11(17-12)21-10-7(13)4-3-5-9(10)18(19)20/h3-6H,2H2,1H3,(H,15,16,17). The van der Waals surface area contributed by atoms with E-state index in [1.807, 2.05) is 6.92 Å². The quantitative estimate of drug-likeness (QED) is 0.580. The van der Waals surface area contributed by atoms with Gasteiger partial charge < -0.3 is 10.1 Å². The van der Waals surface area contributed by atoms with Gasteiger partial charge in [0.25, 0.3) is 0 Å². The Kier molecular flexibility index (Phi) is 5.07. The van der Waals surface area contributed by atoms with Crippen LogP contribution < -0.4 is 10.1 Å². The first-order valence-electron chi connectivity index (χ1n) is 5.90. The van der Waals surface area contributed by atoms with Gasteiger partial charge in [-0.1, -0.05) is 6.07 Å². The zero-order valence-corrected chi connectivity index (χ0v) is 14.0. The molecular weight excluding hydrogens is 408 g/mol. The molecule has 2 rings (SSSR count). The van der Waals surface area contributed by atoms with Crippen molar-refractivity contribution in [2.24, 2.45) is 0 Å². The highest BCUT2D eigenvalue weighted by Crippen LogP contribution is 2.39. The first-order valence-corrected chi connectivity index (χ1v) is 7.48. The molecule has 9 heteroatoms. The van der Waals surface area contributed by atoms with Gasteiger partial charge in [-0.2, -0.15) is 4.98 Å². The zero-order valence-electron chi connectivity index (χ0n) is 10.8. The molecule has 0 aliphatic rings. The van der Waals surface area contributed by atoms with Crippen molar-refractivity contribution in [1.82, 2.24) is 9.97 Å². The highest BCUT2D eigenvalue weighted by molar-refractivity contribution is 9.11. The van der Waals surface area contributed by atoms with E-state index in [1.54, 1.807) is 12.1 Å². The molecule has 110 valence electrons. The van der Waals surface area contributed by atoms with Crippen LogP contribution in [0, 0.1) is 10.1 Å². The monoisotopic (exact) mass is 416 g/mol. The maximum atomic E-state index is 11.1. The molecule has 1 aromatic carbocycles. The number of halogens is 2. The van der Waals surface area contributed by atoms with Gasteiger partial charge in [-0.15, -0.1) is 0 Å². The summed E-state index contributed by atoms with van der Waals surface area (Å²) >= 11 is 6.51. The largest absolute Gasteiger partial charge is 0.429 e. The van der Waals surface area contributed by atoms with Gasteiger partial charge in [-0.05, 0) is 44.8 Å². The van der Waals surface area contributed by atoms with Crippen molar-refractivity contribution >= 4 is 43.5 Å². The number of aromatic nitrogens is 2. The molecule has 0 saturated heterocycles. The van der Waals surface area contributed by atoms with Crippen molar-refractivity contribution in [3.8, 4) is 11.6 Å². The molecule has 1 heterocycles. The fourth-order valence-corrected chi connectivity index (χ4v) is 2.21. The number of hydrogen-bond acceptors (Lipinski definition) is 6. The summed E-state index contributed by atoms with van der Waals surface area (Å²) in [6.45, 7) is 2.56. The molecule has 0 aliphatic heterocycles. The number of rotatable bonds is 5. The highest BCUT2D eigenvalue weighted by atomic mass is 79.9. The van der Waals surface area contributed by atoms with Gasteiger partial charge in [0.2, 0.25) is 17.6 Å². The summed E-state index contributed by atoms with van der Waals surface area (Å²) in [6, 6.07) is 4.58. The first-order chi connectivity index (χ1) is 10.0. The molecule has 0 fully saturated rings. The third-order valence-corrected chi connectivity index (χ3v) is 3.56. The number of nitrogens with one attached hydrogen (secondary N) is 1. The van der Waals surface area contributed by atoms with Crippen LogP contribution in [0.5, 0.6) is 11.6 Å². The second-order valence-electron chi connectivity index (χ2n) is 3.82. The van der Waals surface area contributed by atoms with Crippen molar-refractivity contribution < 1.29 is 9.66 Å². The molecule has 21 heavy (non-hydrogen) atoms. The lowest BCUT2D eigenvalue weighted by molar-refractivity contribution is -0.385. The summed E-state index contributed by atoms with van der Waals surface area (Å²) in [5.41, 5.74) is -0.153. The molecule has 0 bridgehead atoms. The third-order valence-electron chi connectivity index (χ3n) is 2.39.